The molecule has 1 heterocycles. The van der Waals surface area contributed by atoms with E-state index in [-0.39, 0.29) is 24.7 Å². The van der Waals surface area contributed by atoms with E-state index in [1.807, 2.05) is 12.1 Å². The molecule has 7 nitrogen and oxygen atoms in total. The Morgan fingerprint density at radius 2 is 2.00 bits per heavy atom. The van der Waals surface area contributed by atoms with Crippen LogP contribution >= 0.6 is 11.6 Å². The van der Waals surface area contributed by atoms with Crippen molar-refractivity contribution in [1.29, 1.82) is 0 Å². The fourth-order valence-corrected chi connectivity index (χ4v) is 2.99. The minimum absolute atomic E-state index is 0.00652. The molecule has 24 heavy (non-hydrogen) atoms. The molecule has 130 valence electrons. The number of aromatic nitrogens is 1. The zero-order valence-corrected chi connectivity index (χ0v) is 14.9. The number of aryl methyl sites for hydroxylation is 1. The largest absolute Gasteiger partial charge is 0.360 e. The summed E-state index contributed by atoms with van der Waals surface area (Å²) < 4.78 is 29.7. The van der Waals surface area contributed by atoms with E-state index in [4.69, 9.17) is 16.1 Å². The molecule has 0 aliphatic heterocycles. The molecule has 0 saturated heterocycles. The number of nitrogens with zero attached hydrogens (tertiary/aromatic N) is 2. The second-order valence-electron chi connectivity index (χ2n) is 5.28. The van der Waals surface area contributed by atoms with Crippen LogP contribution < -0.4 is 9.62 Å². The summed E-state index contributed by atoms with van der Waals surface area (Å²) in [4.78, 5) is 11.9. The number of benzene rings is 1. The standard InChI is InChI=1S/C15H18ClN3O4S/c1-11-9-14(18-23-11)19(24(2,21)22)8-7-15(20)17-10-12-3-5-13(16)6-4-12/h3-6,9H,7-8,10H2,1-2H3,(H,17,20). The molecule has 0 fully saturated rings. The van der Waals surface area contributed by atoms with Crippen molar-refractivity contribution in [3.8, 4) is 0 Å². The maximum absolute atomic E-state index is 11.9. The maximum Gasteiger partial charge on any atom is 0.233 e. The molecule has 9 heteroatoms. The normalized spacial score (nSPS) is 11.3. The molecule has 0 unspecified atom stereocenters. The smallest absolute Gasteiger partial charge is 0.233 e. The topological polar surface area (TPSA) is 92.5 Å². The number of carbonyl (C=O) groups excluding carboxylic acids is 1. The summed E-state index contributed by atoms with van der Waals surface area (Å²) in [6.07, 6.45) is 1.06. The third-order valence-electron chi connectivity index (χ3n) is 3.22. The Kier molecular flexibility index (Phi) is 5.84. The third-order valence-corrected chi connectivity index (χ3v) is 4.64. The lowest BCUT2D eigenvalue weighted by molar-refractivity contribution is -0.121. The number of hydrogen-bond acceptors (Lipinski definition) is 5. The van der Waals surface area contributed by atoms with Crippen LogP contribution in [-0.2, 0) is 21.4 Å². The van der Waals surface area contributed by atoms with Crippen LogP contribution in [0.5, 0.6) is 0 Å². The van der Waals surface area contributed by atoms with Crippen molar-refractivity contribution in [2.45, 2.75) is 19.9 Å². The van der Waals surface area contributed by atoms with E-state index in [9.17, 15) is 13.2 Å². The van der Waals surface area contributed by atoms with Gasteiger partial charge >= 0.3 is 0 Å². The highest BCUT2D eigenvalue weighted by Crippen LogP contribution is 2.17. The average Bonchev–Trinajstić information content (AvgIpc) is 2.91. The first-order valence-corrected chi connectivity index (χ1v) is 9.40. The number of anilines is 1. The number of nitrogens with one attached hydrogen (secondary N) is 1. The van der Waals surface area contributed by atoms with Gasteiger partial charge in [0.25, 0.3) is 0 Å². The zero-order valence-electron chi connectivity index (χ0n) is 13.3. The van der Waals surface area contributed by atoms with Gasteiger partial charge in [0, 0.05) is 30.6 Å². The number of carbonyl (C=O) groups is 1. The van der Waals surface area contributed by atoms with Gasteiger partial charge in [-0.1, -0.05) is 28.9 Å². The number of sulfonamides is 1. The van der Waals surface area contributed by atoms with Gasteiger partial charge in [0.1, 0.15) is 5.76 Å². The van der Waals surface area contributed by atoms with Gasteiger partial charge in [0.05, 0.1) is 6.26 Å². The highest BCUT2D eigenvalue weighted by molar-refractivity contribution is 7.92. The minimum Gasteiger partial charge on any atom is -0.360 e. The molecule has 0 aliphatic carbocycles. The molecule has 0 saturated carbocycles. The quantitative estimate of drug-likeness (QED) is 0.804. The van der Waals surface area contributed by atoms with Crippen molar-refractivity contribution in [2.24, 2.45) is 0 Å². The van der Waals surface area contributed by atoms with Crippen molar-refractivity contribution >= 4 is 33.3 Å². The van der Waals surface area contributed by atoms with Gasteiger partial charge in [-0.15, -0.1) is 0 Å². The molecule has 0 bridgehead atoms. The molecule has 1 amide bonds. The van der Waals surface area contributed by atoms with Gasteiger partial charge in [-0.2, -0.15) is 0 Å². The molecular weight excluding hydrogens is 354 g/mol. The Balaban J connectivity index is 1.91. The summed E-state index contributed by atoms with van der Waals surface area (Å²) >= 11 is 5.80. The van der Waals surface area contributed by atoms with E-state index < -0.39 is 10.0 Å². The van der Waals surface area contributed by atoms with E-state index in [2.05, 4.69) is 10.5 Å². The third kappa shape index (κ3) is 5.24. The van der Waals surface area contributed by atoms with E-state index in [0.717, 1.165) is 16.1 Å². The number of halogens is 1. The SMILES string of the molecule is Cc1cc(N(CCC(=O)NCc2ccc(Cl)cc2)S(C)(=O)=O)no1. The molecule has 0 atom stereocenters. The second-order valence-corrected chi connectivity index (χ2v) is 7.63. The molecule has 2 aromatic rings. The molecule has 1 N–H and O–H groups in total. The van der Waals surface area contributed by atoms with Crippen LogP contribution in [0.3, 0.4) is 0 Å². The summed E-state index contributed by atoms with van der Waals surface area (Å²) in [5.74, 6) is 0.394. The van der Waals surface area contributed by atoms with Crippen LogP contribution in [0.25, 0.3) is 0 Å². The lowest BCUT2D eigenvalue weighted by atomic mass is 10.2. The Labute approximate surface area is 145 Å². The Morgan fingerprint density at radius 3 is 2.54 bits per heavy atom. The molecule has 0 aliphatic rings. The van der Waals surface area contributed by atoms with Crippen molar-refractivity contribution < 1.29 is 17.7 Å². The Bertz CT molecular complexity index is 802. The maximum atomic E-state index is 11.9. The fourth-order valence-electron chi connectivity index (χ4n) is 2.02. The fraction of sp³-hybridized carbons (Fsp3) is 0.333. The van der Waals surface area contributed by atoms with Gasteiger partial charge in [0.2, 0.25) is 15.9 Å². The summed E-state index contributed by atoms with van der Waals surface area (Å²) in [6, 6.07) is 8.60. The van der Waals surface area contributed by atoms with E-state index in [1.165, 1.54) is 6.07 Å². The number of amides is 1. The predicted molar refractivity (Wildman–Crippen MR) is 91.3 cm³/mol. The second kappa shape index (κ2) is 7.67. The lowest BCUT2D eigenvalue weighted by Crippen LogP contribution is -2.34. The molecule has 1 aromatic heterocycles. The highest BCUT2D eigenvalue weighted by atomic mass is 35.5. The van der Waals surface area contributed by atoms with Crippen LogP contribution in [0.2, 0.25) is 5.02 Å². The van der Waals surface area contributed by atoms with Crippen molar-refractivity contribution in [2.75, 3.05) is 17.1 Å². The van der Waals surface area contributed by atoms with Crippen LogP contribution in [-0.4, -0.2) is 32.3 Å². The lowest BCUT2D eigenvalue weighted by Gasteiger charge is -2.18. The van der Waals surface area contributed by atoms with Gasteiger partial charge in [-0.25, -0.2) is 8.42 Å². The monoisotopic (exact) mass is 371 g/mol. The molecule has 1 aromatic carbocycles. The van der Waals surface area contributed by atoms with Crippen LogP contribution in [0.4, 0.5) is 5.82 Å². The van der Waals surface area contributed by atoms with Gasteiger partial charge in [-0.3, -0.25) is 9.10 Å². The Hall–Kier alpha value is -2.06. The first-order chi connectivity index (χ1) is 11.3. The molecule has 0 spiro atoms. The first-order valence-electron chi connectivity index (χ1n) is 7.18. The van der Waals surface area contributed by atoms with Gasteiger partial charge in [-0.05, 0) is 24.6 Å². The van der Waals surface area contributed by atoms with E-state index in [1.54, 1.807) is 19.1 Å². The van der Waals surface area contributed by atoms with E-state index in [0.29, 0.717) is 17.3 Å². The highest BCUT2D eigenvalue weighted by Gasteiger charge is 2.21. The van der Waals surface area contributed by atoms with Crippen molar-refractivity contribution in [1.82, 2.24) is 10.5 Å². The number of rotatable bonds is 7. The van der Waals surface area contributed by atoms with E-state index >= 15 is 0 Å². The molecule has 0 radical (unpaired) electrons. The van der Waals surface area contributed by atoms with Gasteiger partial charge in [0.15, 0.2) is 5.82 Å². The van der Waals surface area contributed by atoms with Crippen molar-refractivity contribution in [3.63, 3.8) is 0 Å². The summed E-state index contributed by atoms with van der Waals surface area (Å²) in [7, 11) is -3.56. The summed E-state index contributed by atoms with van der Waals surface area (Å²) in [5, 5.41) is 7.05. The van der Waals surface area contributed by atoms with Crippen LogP contribution in [0.15, 0.2) is 34.9 Å². The summed E-state index contributed by atoms with van der Waals surface area (Å²) in [6.45, 7) is 1.99. The zero-order chi connectivity index (χ0) is 17.7. The molecule has 2 rings (SSSR count). The first kappa shape index (κ1) is 18.3. The minimum atomic E-state index is -3.56. The van der Waals surface area contributed by atoms with Crippen LogP contribution in [0, 0.1) is 6.92 Å². The molecular formula is C15H18ClN3O4S. The number of hydrogen-bond donors (Lipinski definition) is 1. The Morgan fingerprint density at radius 1 is 1.33 bits per heavy atom. The summed E-state index contributed by atoms with van der Waals surface area (Å²) in [5.41, 5.74) is 0.903. The van der Waals surface area contributed by atoms with Gasteiger partial charge < -0.3 is 9.84 Å². The van der Waals surface area contributed by atoms with Crippen LogP contribution in [0.1, 0.15) is 17.7 Å². The van der Waals surface area contributed by atoms with Crippen molar-refractivity contribution in [3.05, 3.63) is 46.7 Å². The predicted octanol–water partition coefficient (Wildman–Crippen LogP) is 2.11. The average molecular weight is 372 g/mol.